The lowest BCUT2D eigenvalue weighted by molar-refractivity contribution is 0.0368. The van der Waals surface area contributed by atoms with E-state index in [1.54, 1.807) is 7.05 Å². The molecule has 7 nitrogen and oxygen atoms in total. The Bertz CT molecular complexity index is 345. The van der Waals surface area contributed by atoms with E-state index in [9.17, 15) is 4.79 Å². The normalized spacial score (nSPS) is 17.9. The van der Waals surface area contributed by atoms with Crippen LogP contribution in [0.1, 0.15) is 10.6 Å². The first-order chi connectivity index (χ1) is 7.25. The van der Waals surface area contributed by atoms with Crippen molar-refractivity contribution in [3.63, 3.8) is 0 Å². The van der Waals surface area contributed by atoms with Gasteiger partial charge >= 0.3 is 0 Å². The standard InChI is InChI=1S/C8H13N5O2/c1-12-10-8(9-11-12)7(14)6-13-2-4-15-5-3-13/h2-6H2,1H3. The summed E-state index contributed by atoms with van der Waals surface area (Å²) in [4.78, 5) is 15.0. The second-order valence-corrected chi connectivity index (χ2v) is 3.41. The van der Waals surface area contributed by atoms with E-state index in [4.69, 9.17) is 4.74 Å². The highest BCUT2D eigenvalue weighted by Gasteiger charge is 2.18. The average Bonchev–Trinajstić information content (AvgIpc) is 2.66. The topological polar surface area (TPSA) is 73.1 Å². The lowest BCUT2D eigenvalue weighted by Crippen LogP contribution is -2.39. The zero-order valence-electron chi connectivity index (χ0n) is 8.59. The zero-order chi connectivity index (χ0) is 10.7. The number of aryl methyl sites for hydroxylation is 1. The SMILES string of the molecule is Cn1nnc(C(=O)CN2CCOCC2)n1. The molecule has 1 aromatic heterocycles. The van der Waals surface area contributed by atoms with E-state index >= 15 is 0 Å². The van der Waals surface area contributed by atoms with Crippen molar-refractivity contribution in [2.45, 2.75) is 0 Å². The second-order valence-electron chi connectivity index (χ2n) is 3.41. The largest absolute Gasteiger partial charge is 0.379 e. The highest BCUT2D eigenvalue weighted by atomic mass is 16.5. The summed E-state index contributed by atoms with van der Waals surface area (Å²) in [6.07, 6.45) is 0. The van der Waals surface area contributed by atoms with E-state index in [1.165, 1.54) is 4.80 Å². The number of rotatable bonds is 3. The molecule has 1 aliphatic heterocycles. The molecule has 0 saturated carbocycles. The molecule has 0 N–H and O–H groups in total. The van der Waals surface area contributed by atoms with E-state index in [2.05, 4.69) is 15.4 Å². The maximum Gasteiger partial charge on any atom is 0.241 e. The number of carbonyl (C=O) groups excluding carboxylic acids is 1. The van der Waals surface area contributed by atoms with Crippen molar-refractivity contribution in [1.82, 2.24) is 25.1 Å². The number of tetrazole rings is 1. The molecule has 0 radical (unpaired) electrons. The highest BCUT2D eigenvalue weighted by molar-refractivity contribution is 5.93. The number of ether oxygens (including phenoxy) is 1. The molecule has 7 heteroatoms. The summed E-state index contributed by atoms with van der Waals surface area (Å²) < 4.78 is 5.19. The number of Topliss-reactive ketones (excluding diaryl/α,β-unsaturated/α-hetero) is 1. The molecule has 0 atom stereocenters. The molecule has 0 amide bonds. The molecule has 1 aromatic rings. The van der Waals surface area contributed by atoms with Gasteiger partial charge in [-0.3, -0.25) is 9.69 Å². The van der Waals surface area contributed by atoms with Crippen molar-refractivity contribution in [2.75, 3.05) is 32.8 Å². The predicted octanol–water partition coefficient (Wildman–Crippen LogP) is -1.27. The van der Waals surface area contributed by atoms with Gasteiger partial charge in [-0.2, -0.15) is 4.80 Å². The molecule has 15 heavy (non-hydrogen) atoms. The molecule has 0 spiro atoms. The summed E-state index contributed by atoms with van der Waals surface area (Å²) >= 11 is 0. The monoisotopic (exact) mass is 211 g/mol. The fraction of sp³-hybridized carbons (Fsp3) is 0.750. The van der Waals surface area contributed by atoms with Gasteiger partial charge in [0.25, 0.3) is 0 Å². The summed E-state index contributed by atoms with van der Waals surface area (Å²) in [5.74, 6) is 0.0917. The molecule has 1 fully saturated rings. The third-order valence-corrected chi connectivity index (χ3v) is 2.23. The molecule has 2 heterocycles. The van der Waals surface area contributed by atoms with Crippen LogP contribution in [-0.2, 0) is 11.8 Å². The minimum Gasteiger partial charge on any atom is -0.379 e. The molecule has 1 saturated heterocycles. The first-order valence-electron chi connectivity index (χ1n) is 4.83. The second kappa shape index (κ2) is 4.45. The molecule has 1 aliphatic rings. The summed E-state index contributed by atoms with van der Waals surface area (Å²) in [5, 5.41) is 11.2. The van der Waals surface area contributed by atoms with Crippen LogP contribution in [0, 0.1) is 0 Å². The summed E-state index contributed by atoms with van der Waals surface area (Å²) in [6.45, 7) is 3.27. The van der Waals surface area contributed by atoms with Crippen LogP contribution in [0.5, 0.6) is 0 Å². The Morgan fingerprint density at radius 3 is 2.80 bits per heavy atom. The molecule has 0 aromatic carbocycles. The number of hydrogen-bond acceptors (Lipinski definition) is 6. The van der Waals surface area contributed by atoms with E-state index < -0.39 is 0 Å². The van der Waals surface area contributed by atoms with Crippen molar-refractivity contribution in [2.24, 2.45) is 7.05 Å². The molecular formula is C8H13N5O2. The average molecular weight is 211 g/mol. The van der Waals surface area contributed by atoms with Crippen LogP contribution in [0.15, 0.2) is 0 Å². The van der Waals surface area contributed by atoms with Gasteiger partial charge in [-0.25, -0.2) is 0 Å². The van der Waals surface area contributed by atoms with E-state index in [0.29, 0.717) is 19.8 Å². The van der Waals surface area contributed by atoms with Gasteiger partial charge in [0.05, 0.1) is 26.8 Å². The van der Waals surface area contributed by atoms with Crippen molar-refractivity contribution in [1.29, 1.82) is 0 Å². The Hall–Kier alpha value is -1.34. The number of aromatic nitrogens is 4. The molecule has 0 bridgehead atoms. The molecular weight excluding hydrogens is 198 g/mol. The van der Waals surface area contributed by atoms with Crippen LogP contribution in [0.4, 0.5) is 0 Å². The smallest absolute Gasteiger partial charge is 0.241 e. The fourth-order valence-corrected chi connectivity index (χ4v) is 1.43. The number of nitrogens with zero attached hydrogens (tertiary/aromatic N) is 5. The van der Waals surface area contributed by atoms with Gasteiger partial charge in [0, 0.05) is 13.1 Å². The van der Waals surface area contributed by atoms with Gasteiger partial charge < -0.3 is 4.74 Å². The van der Waals surface area contributed by atoms with Crippen molar-refractivity contribution < 1.29 is 9.53 Å². The maximum atomic E-state index is 11.7. The van der Waals surface area contributed by atoms with Crippen LogP contribution in [0.2, 0.25) is 0 Å². The van der Waals surface area contributed by atoms with Gasteiger partial charge in [0.1, 0.15) is 0 Å². The lowest BCUT2D eigenvalue weighted by atomic mass is 10.3. The van der Waals surface area contributed by atoms with Gasteiger partial charge in [0.15, 0.2) is 0 Å². The Kier molecular flexibility index (Phi) is 3.02. The first kappa shape index (κ1) is 10.2. The van der Waals surface area contributed by atoms with Gasteiger partial charge in [0.2, 0.25) is 11.6 Å². The summed E-state index contributed by atoms with van der Waals surface area (Å²) in [5.41, 5.74) is 0. The van der Waals surface area contributed by atoms with Crippen LogP contribution in [-0.4, -0.2) is 63.7 Å². The number of ketones is 1. The van der Waals surface area contributed by atoms with Crippen molar-refractivity contribution in [3.05, 3.63) is 5.82 Å². The lowest BCUT2D eigenvalue weighted by Gasteiger charge is -2.25. The summed E-state index contributed by atoms with van der Waals surface area (Å²) in [7, 11) is 1.64. The molecule has 82 valence electrons. The number of morpholine rings is 1. The third kappa shape index (κ3) is 2.57. The van der Waals surface area contributed by atoms with E-state index in [-0.39, 0.29) is 11.6 Å². The van der Waals surface area contributed by atoms with Crippen LogP contribution in [0.3, 0.4) is 0 Å². The predicted molar refractivity (Wildman–Crippen MR) is 50.4 cm³/mol. The first-order valence-corrected chi connectivity index (χ1v) is 4.83. The van der Waals surface area contributed by atoms with Gasteiger partial charge in [-0.1, -0.05) is 0 Å². The molecule has 2 rings (SSSR count). The molecule has 0 unspecified atom stereocenters. The van der Waals surface area contributed by atoms with Gasteiger partial charge in [-0.05, 0) is 5.21 Å². The number of carbonyl (C=O) groups is 1. The Morgan fingerprint density at radius 1 is 1.47 bits per heavy atom. The minimum atomic E-state index is -0.0926. The maximum absolute atomic E-state index is 11.7. The summed E-state index contributed by atoms with van der Waals surface area (Å²) in [6, 6.07) is 0. The third-order valence-electron chi connectivity index (χ3n) is 2.23. The van der Waals surface area contributed by atoms with Crippen LogP contribution >= 0.6 is 0 Å². The van der Waals surface area contributed by atoms with E-state index in [0.717, 1.165) is 13.1 Å². The zero-order valence-corrected chi connectivity index (χ0v) is 8.59. The number of hydrogen-bond donors (Lipinski definition) is 0. The fourth-order valence-electron chi connectivity index (χ4n) is 1.43. The Labute approximate surface area is 87.0 Å². The quantitative estimate of drug-likeness (QED) is 0.580. The van der Waals surface area contributed by atoms with Crippen LogP contribution in [0.25, 0.3) is 0 Å². The van der Waals surface area contributed by atoms with E-state index in [1.807, 2.05) is 4.90 Å². The van der Waals surface area contributed by atoms with Crippen molar-refractivity contribution >= 4 is 5.78 Å². The minimum absolute atomic E-state index is 0.0926. The van der Waals surface area contributed by atoms with Crippen molar-refractivity contribution in [3.8, 4) is 0 Å². The van der Waals surface area contributed by atoms with Gasteiger partial charge in [-0.15, -0.1) is 10.2 Å². The van der Waals surface area contributed by atoms with Crippen LogP contribution < -0.4 is 0 Å². The Balaban J connectivity index is 1.91. The highest BCUT2D eigenvalue weighted by Crippen LogP contribution is 1.98. The Morgan fingerprint density at radius 2 is 2.20 bits per heavy atom. The molecule has 0 aliphatic carbocycles.